The molecular weight excluding hydrogens is 399 g/mol. The first-order valence-electron chi connectivity index (χ1n) is 9.38. The number of likely N-dealkylation sites (tertiary alicyclic amines) is 1. The van der Waals surface area contributed by atoms with Gasteiger partial charge in [0.05, 0.1) is 0 Å². The van der Waals surface area contributed by atoms with Gasteiger partial charge in [-0.3, -0.25) is 4.99 Å². The van der Waals surface area contributed by atoms with Gasteiger partial charge >= 0.3 is 0 Å². The Morgan fingerprint density at radius 2 is 2.00 bits per heavy atom. The molecule has 0 aromatic carbocycles. The maximum Gasteiger partial charge on any atom is 0.190 e. The molecule has 0 spiro atoms. The van der Waals surface area contributed by atoms with Gasteiger partial charge in [-0.05, 0) is 50.1 Å². The summed E-state index contributed by atoms with van der Waals surface area (Å²) >= 11 is 0. The predicted octanol–water partition coefficient (Wildman–Crippen LogP) is 3.33. The zero-order valence-electron chi connectivity index (χ0n) is 15.3. The van der Waals surface area contributed by atoms with Crippen molar-refractivity contribution in [3.8, 4) is 0 Å². The van der Waals surface area contributed by atoms with Gasteiger partial charge in [-0.15, -0.1) is 24.0 Å². The molecule has 0 radical (unpaired) electrons. The summed E-state index contributed by atoms with van der Waals surface area (Å²) in [5.41, 5.74) is 0. The average Bonchev–Trinajstić information content (AvgIpc) is 2.99. The number of nitrogens with zero attached hydrogens (tertiary/aromatic N) is 2. The summed E-state index contributed by atoms with van der Waals surface area (Å²) in [6.07, 6.45) is 8.31. The minimum Gasteiger partial charge on any atom is -0.356 e. The van der Waals surface area contributed by atoms with Crippen LogP contribution in [0.15, 0.2) is 4.99 Å². The number of nitrogens with one attached hydrogen (secondary N) is 2. The number of aliphatic imine (C=N–C) groups is 1. The van der Waals surface area contributed by atoms with Crippen LogP contribution in [-0.2, 0) is 0 Å². The first-order chi connectivity index (χ1) is 10.7. The Balaban J connectivity index is 0.00000264. The van der Waals surface area contributed by atoms with Gasteiger partial charge in [-0.2, -0.15) is 0 Å². The highest BCUT2D eigenvalue weighted by molar-refractivity contribution is 14.0. The summed E-state index contributed by atoms with van der Waals surface area (Å²) in [7, 11) is 1.88. The number of hydrogen-bond acceptors (Lipinski definition) is 2. The molecule has 3 unspecified atom stereocenters. The van der Waals surface area contributed by atoms with E-state index in [1.807, 2.05) is 7.05 Å². The van der Waals surface area contributed by atoms with Gasteiger partial charge in [-0.25, -0.2) is 0 Å². The summed E-state index contributed by atoms with van der Waals surface area (Å²) < 4.78 is 0. The average molecular weight is 436 g/mol. The molecule has 1 saturated heterocycles. The maximum atomic E-state index is 4.37. The Bertz CT molecular complexity index is 348. The lowest BCUT2D eigenvalue weighted by Crippen LogP contribution is -2.41. The molecule has 1 aliphatic carbocycles. The highest BCUT2D eigenvalue weighted by atomic mass is 127. The zero-order chi connectivity index (χ0) is 15.8. The molecule has 0 aromatic rings. The fraction of sp³-hybridized carbons (Fsp3) is 0.944. The Morgan fingerprint density at radius 3 is 2.65 bits per heavy atom. The van der Waals surface area contributed by atoms with Crippen LogP contribution in [-0.4, -0.2) is 50.6 Å². The van der Waals surface area contributed by atoms with Gasteiger partial charge in [0.15, 0.2) is 5.96 Å². The van der Waals surface area contributed by atoms with Crippen molar-refractivity contribution in [2.45, 2.75) is 52.4 Å². The zero-order valence-corrected chi connectivity index (χ0v) is 17.6. The van der Waals surface area contributed by atoms with Crippen LogP contribution in [0.3, 0.4) is 0 Å². The fourth-order valence-electron chi connectivity index (χ4n) is 4.04. The quantitative estimate of drug-likeness (QED) is 0.381. The minimum absolute atomic E-state index is 0. The second kappa shape index (κ2) is 11.5. The number of guanidine groups is 1. The van der Waals surface area contributed by atoms with Crippen LogP contribution in [0.25, 0.3) is 0 Å². The Hall–Kier alpha value is -0.0400. The summed E-state index contributed by atoms with van der Waals surface area (Å²) in [6.45, 7) is 10.4. The van der Waals surface area contributed by atoms with E-state index < -0.39 is 0 Å². The van der Waals surface area contributed by atoms with Crippen LogP contribution in [0.4, 0.5) is 0 Å². The van der Waals surface area contributed by atoms with E-state index >= 15 is 0 Å². The van der Waals surface area contributed by atoms with E-state index in [0.717, 1.165) is 36.8 Å². The Morgan fingerprint density at radius 1 is 1.17 bits per heavy atom. The van der Waals surface area contributed by atoms with Crippen molar-refractivity contribution in [2.75, 3.05) is 39.8 Å². The number of halogens is 1. The molecule has 1 heterocycles. The normalized spacial score (nSPS) is 29.2. The van der Waals surface area contributed by atoms with Gasteiger partial charge < -0.3 is 15.5 Å². The first-order valence-corrected chi connectivity index (χ1v) is 9.38. The molecule has 5 heteroatoms. The molecular formula is C18H37IN4. The molecule has 1 saturated carbocycles. The molecule has 2 rings (SSSR count). The van der Waals surface area contributed by atoms with Gasteiger partial charge in [0.2, 0.25) is 0 Å². The molecule has 3 atom stereocenters. The molecule has 136 valence electrons. The predicted molar refractivity (Wildman–Crippen MR) is 111 cm³/mol. The topological polar surface area (TPSA) is 39.7 Å². The van der Waals surface area contributed by atoms with E-state index in [1.54, 1.807) is 0 Å². The van der Waals surface area contributed by atoms with Crippen LogP contribution in [0, 0.1) is 17.8 Å². The Labute approximate surface area is 160 Å². The van der Waals surface area contributed by atoms with Crippen LogP contribution in [0.2, 0.25) is 0 Å². The van der Waals surface area contributed by atoms with Crippen molar-refractivity contribution in [1.29, 1.82) is 0 Å². The lowest BCUT2D eigenvalue weighted by molar-refractivity contribution is 0.270. The van der Waals surface area contributed by atoms with Crippen molar-refractivity contribution >= 4 is 29.9 Å². The first kappa shape index (κ1) is 21.0. The van der Waals surface area contributed by atoms with Crippen LogP contribution in [0.1, 0.15) is 52.4 Å². The maximum absolute atomic E-state index is 4.37. The van der Waals surface area contributed by atoms with E-state index in [-0.39, 0.29) is 24.0 Å². The molecule has 0 amide bonds. The second-order valence-corrected chi connectivity index (χ2v) is 7.35. The highest BCUT2D eigenvalue weighted by Crippen LogP contribution is 2.30. The number of rotatable bonds is 6. The smallest absolute Gasteiger partial charge is 0.190 e. The highest BCUT2D eigenvalue weighted by Gasteiger charge is 2.21. The molecule has 2 aliphatic rings. The molecule has 2 N–H and O–H groups in total. The third kappa shape index (κ3) is 7.59. The summed E-state index contributed by atoms with van der Waals surface area (Å²) in [6, 6.07) is 0. The van der Waals surface area contributed by atoms with Gasteiger partial charge in [-0.1, -0.05) is 33.1 Å². The summed E-state index contributed by atoms with van der Waals surface area (Å²) in [5, 5.41) is 7.02. The Kier molecular flexibility index (Phi) is 10.5. The standard InChI is InChI=1S/C18H36N4.HI/c1-4-22-11-9-17(14-22)13-21-18(19-3)20-10-8-16-7-5-6-15(2)12-16;/h15-17H,4-14H2,1-3H3,(H2,19,20,21);1H. The van der Waals surface area contributed by atoms with E-state index in [1.165, 1.54) is 58.2 Å². The molecule has 2 fully saturated rings. The van der Waals surface area contributed by atoms with Crippen molar-refractivity contribution < 1.29 is 0 Å². The fourth-order valence-corrected chi connectivity index (χ4v) is 4.04. The monoisotopic (exact) mass is 436 g/mol. The van der Waals surface area contributed by atoms with E-state index in [4.69, 9.17) is 0 Å². The van der Waals surface area contributed by atoms with E-state index in [0.29, 0.717) is 0 Å². The molecule has 23 heavy (non-hydrogen) atoms. The largest absolute Gasteiger partial charge is 0.356 e. The molecule has 0 bridgehead atoms. The molecule has 1 aliphatic heterocycles. The van der Waals surface area contributed by atoms with Crippen molar-refractivity contribution in [3.05, 3.63) is 0 Å². The van der Waals surface area contributed by atoms with Gasteiger partial charge in [0, 0.05) is 26.7 Å². The summed E-state index contributed by atoms with van der Waals surface area (Å²) in [4.78, 5) is 6.90. The van der Waals surface area contributed by atoms with Crippen molar-refractivity contribution in [3.63, 3.8) is 0 Å². The van der Waals surface area contributed by atoms with Gasteiger partial charge in [0.25, 0.3) is 0 Å². The molecule has 0 aromatic heterocycles. The van der Waals surface area contributed by atoms with Crippen LogP contribution < -0.4 is 10.6 Å². The van der Waals surface area contributed by atoms with Crippen molar-refractivity contribution in [1.82, 2.24) is 15.5 Å². The molecule has 4 nitrogen and oxygen atoms in total. The second-order valence-electron chi connectivity index (χ2n) is 7.35. The minimum atomic E-state index is 0. The number of hydrogen-bond donors (Lipinski definition) is 2. The van der Waals surface area contributed by atoms with Crippen LogP contribution in [0.5, 0.6) is 0 Å². The van der Waals surface area contributed by atoms with E-state index in [9.17, 15) is 0 Å². The SMILES string of the molecule is CCN1CCC(CNC(=NC)NCCC2CCCC(C)C2)C1.I. The summed E-state index contributed by atoms with van der Waals surface area (Å²) in [5.74, 6) is 3.61. The van der Waals surface area contributed by atoms with Gasteiger partial charge in [0.1, 0.15) is 0 Å². The lowest BCUT2D eigenvalue weighted by atomic mass is 9.81. The lowest BCUT2D eigenvalue weighted by Gasteiger charge is -2.27. The van der Waals surface area contributed by atoms with E-state index in [2.05, 4.69) is 34.4 Å². The van der Waals surface area contributed by atoms with Crippen LogP contribution >= 0.6 is 24.0 Å². The third-order valence-electron chi connectivity index (χ3n) is 5.49. The van der Waals surface area contributed by atoms with Crippen molar-refractivity contribution in [2.24, 2.45) is 22.7 Å². The third-order valence-corrected chi connectivity index (χ3v) is 5.49.